The van der Waals surface area contributed by atoms with Gasteiger partial charge >= 0.3 is 0 Å². The van der Waals surface area contributed by atoms with Crippen LogP contribution in [-0.4, -0.2) is 16.8 Å². The molecular weight excluding hydrogens is 322 g/mol. The molecule has 2 nitrogen and oxygen atoms in total. The molecule has 0 saturated heterocycles. The van der Waals surface area contributed by atoms with Gasteiger partial charge in [-0.05, 0) is 43.7 Å². The molecule has 0 bridgehead atoms. The van der Waals surface area contributed by atoms with Gasteiger partial charge in [0.1, 0.15) is 0 Å². The Morgan fingerprint density at radius 1 is 1.26 bits per heavy atom. The second kappa shape index (κ2) is 5.57. The topological polar surface area (TPSA) is 29.1 Å². The van der Waals surface area contributed by atoms with Gasteiger partial charge in [-0.3, -0.25) is 4.79 Å². The van der Waals surface area contributed by atoms with Crippen molar-refractivity contribution >= 4 is 33.2 Å². The zero-order valence-electron chi connectivity index (χ0n) is 11.1. The number of aryl methyl sites for hydroxylation is 2. The Bertz CT molecular complexity index is 455. The van der Waals surface area contributed by atoms with Gasteiger partial charge in [0.25, 0.3) is 5.91 Å². The van der Waals surface area contributed by atoms with Crippen molar-refractivity contribution in [1.82, 2.24) is 5.32 Å². The fourth-order valence-corrected chi connectivity index (χ4v) is 5.11. The van der Waals surface area contributed by atoms with Crippen molar-refractivity contribution in [3.8, 4) is 0 Å². The third-order valence-electron chi connectivity index (χ3n) is 4.42. The van der Waals surface area contributed by atoms with Crippen LogP contribution in [0, 0.1) is 0 Å². The van der Waals surface area contributed by atoms with Gasteiger partial charge in [-0.15, -0.1) is 11.3 Å². The van der Waals surface area contributed by atoms with Crippen LogP contribution in [0.2, 0.25) is 0 Å². The van der Waals surface area contributed by atoms with E-state index in [2.05, 4.69) is 27.3 Å². The minimum absolute atomic E-state index is 0.0102. The first kappa shape index (κ1) is 13.6. The number of carbonyl (C=O) groups is 1. The van der Waals surface area contributed by atoms with E-state index in [-0.39, 0.29) is 11.4 Å². The number of carbonyl (C=O) groups excluding carboxylic acids is 1. The molecule has 1 amide bonds. The van der Waals surface area contributed by atoms with Gasteiger partial charge in [0.05, 0.1) is 10.4 Å². The molecule has 1 heterocycles. The fraction of sp³-hybridized carbons (Fsp3) is 0.667. The van der Waals surface area contributed by atoms with Crippen molar-refractivity contribution < 1.29 is 4.79 Å². The molecule has 19 heavy (non-hydrogen) atoms. The molecular formula is C15H20BrNOS. The quantitative estimate of drug-likeness (QED) is 0.825. The fourth-order valence-electron chi connectivity index (χ4n) is 3.26. The van der Waals surface area contributed by atoms with Gasteiger partial charge in [-0.25, -0.2) is 0 Å². The number of hydrogen-bond donors (Lipinski definition) is 1. The molecule has 1 aromatic rings. The van der Waals surface area contributed by atoms with E-state index in [9.17, 15) is 4.79 Å². The molecule has 1 saturated carbocycles. The largest absolute Gasteiger partial charge is 0.345 e. The predicted molar refractivity (Wildman–Crippen MR) is 83.4 cm³/mol. The third-order valence-corrected chi connectivity index (χ3v) is 6.72. The molecule has 1 aromatic heterocycles. The highest BCUT2D eigenvalue weighted by molar-refractivity contribution is 9.09. The van der Waals surface area contributed by atoms with Gasteiger partial charge in [0.15, 0.2) is 0 Å². The molecule has 0 aromatic carbocycles. The third kappa shape index (κ3) is 2.75. The summed E-state index contributed by atoms with van der Waals surface area (Å²) in [5.74, 6) is 0.140. The number of halogens is 1. The molecule has 0 spiro atoms. The Morgan fingerprint density at radius 3 is 2.74 bits per heavy atom. The second-order valence-corrected chi connectivity index (χ2v) is 7.54. The summed E-state index contributed by atoms with van der Waals surface area (Å²) >= 11 is 5.30. The highest BCUT2D eigenvalue weighted by atomic mass is 79.9. The summed E-state index contributed by atoms with van der Waals surface area (Å²) in [5.41, 5.74) is 1.40. The second-order valence-electron chi connectivity index (χ2n) is 5.84. The van der Waals surface area contributed by atoms with E-state index in [0.717, 1.165) is 35.9 Å². The summed E-state index contributed by atoms with van der Waals surface area (Å²) in [6.07, 6.45) is 9.55. The van der Waals surface area contributed by atoms with Crippen LogP contribution in [-0.2, 0) is 12.8 Å². The molecule has 104 valence electrons. The van der Waals surface area contributed by atoms with E-state index in [4.69, 9.17) is 0 Å². The first-order chi connectivity index (χ1) is 9.22. The van der Waals surface area contributed by atoms with Crippen LogP contribution in [0.3, 0.4) is 0 Å². The Morgan fingerprint density at radius 2 is 2.05 bits per heavy atom. The summed E-state index contributed by atoms with van der Waals surface area (Å²) in [6, 6.07) is 2.12. The molecule has 3 rings (SSSR count). The normalized spacial score (nSPS) is 21.1. The first-order valence-electron chi connectivity index (χ1n) is 7.22. The lowest BCUT2D eigenvalue weighted by Gasteiger charge is -2.36. The maximum absolute atomic E-state index is 12.5. The number of nitrogens with one attached hydrogen (secondary N) is 1. The van der Waals surface area contributed by atoms with Gasteiger partial charge < -0.3 is 5.32 Å². The maximum atomic E-state index is 12.5. The standard InChI is InChI=1S/C15H20BrNOS/c16-10-15(7-2-1-3-8-15)17-14(18)13-9-11-5-4-6-12(11)19-13/h9H,1-8,10H2,(H,17,18). The number of amides is 1. The molecule has 2 aliphatic carbocycles. The minimum Gasteiger partial charge on any atom is -0.345 e. The van der Waals surface area contributed by atoms with Crippen molar-refractivity contribution in [3.63, 3.8) is 0 Å². The van der Waals surface area contributed by atoms with Crippen molar-refractivity contribution in [1.29, 1.82) is 0 Å². The number of alkyl halides is 1. The molecule has 0 unspecified atom stereocenters. The van der Waals surface area contributed by atoms with Crippen LogP contribution in [0.25, 0.3) is 0 Å². The van der Waals surface area contributed by atoms with Crippen LogP contribution < -0.4 is 5.32 Å². The first-order valence-corrected chi connectivity index (χ1v) is 9.16. The molecule has 2 aliphatic rings. The highest BCUT2D eigenvalue weighted by Gasteiger charge is 2.33. The van der Waals surface area contributed by atoms with E-state index < -0.39 is 0 Å². The monoisotopic (exact) mass is 341 g/mol. The summed E-state index contributed by atoms with van der Waals surface area (Å²) < 4.78 is 0. The van der Waals surface area contributed by atoms with Crippen molar-refractivity contribution in [2.24, 2.45) is 0 Å². The van der Waals surface area contributed by atoms with E-state index in [0.29, 0.717) is 0 Å². The Hall–Kier alpha value is -0.350. The number of fused-ring (bicyclic) bond motifs is 1. The zero-order valence-corrected chi connectivity index (χ0v) is 13.5. The van der Waals surface area contributed by atoms with Crippen LogP contribution in [0.15, 0.2) is 6.07 Å². The molecule has 0 atom stereocenters. The van der Waals surface area contributed by atoms with Gasteiger partial charge in [0, 0.05) is 10.2 Å². The van der Waals surface area contributed by atoms with Crippen molar-refractivity contribution in [2.75, 3.05) is 5.33 Å². The Labute approximate surface area is 127 Å². The van der Waals surface area contributed by atoms with Gasteiger partial charge in [0.2, 0.25) is 0 Å². The summed E-state index contributed by atoms with van der Waals surface area (Å²) in [4.78, 5) is 14.8. The van der Waals surface area contributed by atoms with E-state index in [1.165, 1.54) is 36.1 Å². The van der Waals surface area contributed by atoms with Gasteiger partial charge in [-0.2, -0.15) is 0 Å². The van der Waals surface area contributed by atoms with E-state index >= 15 is 0 Å². The SMILES string of the molecule is O=C(NC1(CBr)CCCCC1)c1cc2c(s1)CCC2. The lowest BCUT2D eigenvalue weighted by Crippen LogP contribution is -2.51. The van der Waals surface area contributed by atoms with E-state index in [1.807, 2.05) is 0 Å². The summed E-state index contributed by atoms with van der Waals surface area (Å²) in [6.45, 7) is 0. The van der Waals surface area contributed by atoms with Crippen LogP contribution in [0.1, 0.15) is 58.6 Å². The van der Waals surface area contributed by atoms with Crippen LogP contribution >= 0.6 is 27.3 Å². The average Bonchev–Trinajstić information content (AvgIpc) is 3.00. The molecule has 1 N–H and O–H groups in total. The molecule has 4 heteroatoms. The van der Waals surface area contributed by atoms with Crippen molar-refractivity contribution in [3.05, 3.63) is 21.4 Å². The summed E-state index contributed by atoms with van der Waals surface area (Å²) in [7, 11) is 0. The molecule has 0 radical (unpaired) electrons. The summed E-state index contributed by atoms with van der Waals surface area (Å²) in [5, 5.41) is 4.18. The van der Waals surface area contributed by atoms with Crippen molar-refractivity contribution in [2.45, 2.75) is 56.9 Å². The predicted octanol–water partition coefficient (Wildman–Crippen LogP) is 4.06. The smallest absolute Gasteiger partial charge is 0.261 e. The molecule has 1 fully saturated rings. The Balaban J connectivity index is 1.72. The minimum atomic E-state index is -0.0102. The number of thiophene rings is 1. The van der Waals surface area contributed by atoms with E-state index in [1.54, 1.807) is 11.3 Å². The van der Waals surface area contributed by atoms with Gasteiger partial charge in [-0.1, -0.05) is 35.2 Å². The zero-order chi connectivity index (χ0) is 13.3. The number of hydrogen-bond acceptors (Lipinski definition) is 2. The Kier molecular flexibility index (Phi) is 3.99. The lowest BCUT2D eigenvalue weighted by atomic mass is 9.83. The highest BCUT2D eigenvalue weighted by Crippen LogP contribution is 2.33. The number of rotatable bonds is 3. The van der Waals surface area contributed by atoms with Crippen LogP contribution in [0.4, 0.5) is 0 Å². The average molecular weight is 342 g/mol. The molecule has 0 aliphatic heterocycles. The maximum Gasteiger partial charge on any atom is 0.261 e. The van der Waals surface area contributed by atoms with Crippen LogP contribution in [0.5, 0.6) is 0 Å². The lowest BCUT2D eigenvalue weighted by molar-refractivity contribution is 0.0890.